The SMILES string of the molecule is O=S(=O)(O)C(c1cccc(Cl)c1)(c1cc(Cl)cc(O)c1O)c1cccc(Cl)c1Cl. The van der Waals surface area contributed by atoms with Crippen LogP contribution in [-0.4, -0.2) is 23.2 Å². The molecule has 3 rings (SSSR count). The van der Waals surface area contributed by atoms with E-state index in [0.29, 0.717) is 0 Å². The van der Waals surface area contributed by atoms with Crippen molar-refractivity contribution in [3.8, 4) is 11.5 Å². The van der Waals surface area contributed by atoms with Crippen LogP contribution in [0.1, 0.15) is 16.7 Å². The molecule has 0 saturated carbocycles. The Kier molecular flexibility index (Phi) is 5.98. The molecule has 3 aromatic rings. The van der Waals surface area contributed by atoms with Gasteiger partial charge in [0.2, 0.25) is 0 Å². The summed E-state index contributed by atoms with van der Waals surface area (Å²) in [5, 5.41) is 20.5. The predicted octanol–water partition coefficient (Wildman–Crippen LogP) is 5.89. The molecule has 0 aliphatic rings. The molecule has 0 spiro atoms. The Hall–Kier alpha value is -1.67. The van der Waals surface area contributed by atoms with Gasteiger partial charge in [0.05, 0.1) is 10.0 Å². The molecule has 0 bridgehead atoms. The molecule has 0 fully saturated rings. The van der Waals surface area contributed by atoms with Crippen LogP contribution < -0.4 is 0 Å². The number of aromatic hydroxyl groups is 2. The lowest BCUT2D eigenvalue weighted by molar-refractivity contribution is 0.394. The van der Waals surface area contributed by atoms with E-state index in [1.54, 1.807) is 0 Å². The van der Waals surface area contributed by atoms with E-state index >= 15 is 0 Å². The van der Waals surface area contributed by atoms with Crippen molar-refractivity contribution in [1.29, 1.82) is 0 Å². The minimum atomic E-state index is -5.13. The highest BCUT2D eigenvalue weighted by molar-refractivity contribution is 7.87. The van der Waals surface area contributed by atoms with Crippen LogP contribution in [0.5, 0.6) is 11.5 Å². The summed E-state index contributed by atoms with van der Waals surface area (Å²) < 4.78 is 33.9. The fourth-order valence-electron chi connectivity index (χ4n) is 3.22. The Morgan fingerprint density at radius 2 is 1.45 bits per heavy atom. The minimum Gasteiger partial charge on any atom is -0.504 e. The van der Waals surface area contributed by atoms with E-state index in [4.69, 9.17) is 46.4 Å². The second-order valence-corrected chi connectivity index (χ2v) is 9.31. The standard InChI is InChI=1S/C19H12Cl4O5S/c20-11-4-1-3-10(7-11)19(29(26,27)28,13-5-2-6-15(22)17(13)23)14-8-12(21)9-16(24)18(14)25/h1-9,24-25H,(H,26,27,28). The van der Waals surface area contributed by atoms with Crippen LogP contribution in [-0.2, 0) is 14.9 Å². The van der Waals surface area contributed by atoms with Crippen LogP contribution in [0.4, 0.5) is 0 Å². The first-order valence-electron chi connectivity index (χ1n) is 7.89. The normalized spacial score (nSPS) is 13.8. The summed E-state index contributed by atoms with van der Waals surface area (Å²) in [6.45, 7) is 0. The molecular formula is C19H12Cl4O5S. The van der Waals surface area contributed by atoms with E-state index in [-0.39, 0.29) is 31.2 Å². The molecule has 152 valence electrons. The highest BCUT2D eigenvalue weighted by atomic mass is 35.5. The van der Waals surface area contributed by atoms with Gasteiger partial charge in [-0.15, -0.1) is 0 Å². The van der Waals surface area contributed by atoms with Crippen molar-refractivity contribution in [1.82, 2.24) is 0 Å². The van der Waals surface area contributed by atoms with Crippen molar-refractivity contribution in [2.45, 2.75) is 4.75 Å². The van der Waals surface area contributed by atoms with E-state index in [9.17, 15) is 23.2 Å². The molecule has 0 aromatic heterocycles. The molecule has 1 unspecified atom stereocenters. The quantitative estimate of drug-likeness (QED) is 0.239. The molecule has 3 aromatic carbocycles. The van der Waals surface area contributed by atoms with Gasteiger partial charge < -0.3 is 10.2 Å². The van der Waals surface area contributed by atoms with Crippen LogP contribution >= 0.6 is 46.4 Å². The number of halogens is 4. The van der Waals surface area contributed by atoms with Gasteiger partial charge in [-0.25, -0.2) is 0 Å². The molecule has 5 nitrogen and oxygen atoms in total. The van der Waals surface area contributed by atoms with E-state index in [0.717, 1.165) is 12.1 Å². The molecule has 1 atom stereocenters. The van der Waals surface area contributed by atoms with Gasteiger partial charge in [0, 0.05) is 27.2 Å². The Labute approximate surface area is 186 Å². The fraction of sp³-hybridized carbons (Fsp3) is 0.0526. The lowest BCUT2D eigenvalue weighted by Gasteiger charge is -2.34. The number of hydrogen-bond acceptors (Lipinski definition) is 4. The van der Waals surface area contributed by atoms with Gasteiger partial charge in [-0.05, 0) is 29.8 Å². The van der Waals surface area contributed by atoms with Crippen molar-refractivity contribution in [3.63, 3.8) is 0 Å². The summed E-state index contributed by atoms with van der Waals surface area (Å²) in [6, 6.07) is 11.9. The molecule has 0 aliphatic heterocycles. The monoisotopic (exact) mass is 492 g/mol. The van der Waals surface area contributed by atoms with Gasteiger partial charge in [0.25, 0.3) is 10.1 Å². The van der Waals surface area contributed by atoms with Crippen LogP contribution in [0.2, 0.25) is 20.1 Å². The Morgan fingerprint density at radius 3 is 2.07 bits per heavy atom. The summed E-state index contributed by atoms with van der Waals surface area (Å²) in [5.41, 5.74) is -0.668. The summed E-state index contributed by atoms with van der Waals surface area (Å²) >= 11 is 24.5. The van der Waals surface area contributed by atoms with E-state index in [1.165, 1.54) is 42.5 Å². The third-order valence-electron chi connectivity index (χ3n) is 4.38. The molecule has 0 heterocycles. The second-order valence-electron chi connectivity index (χ2n) is 6.09. The average molecular weight is 494 g/mol. The fourth-order valence-corrected chi connectivity index (χ4v) is 5.43. The smallest absolute Gasteiger partial charge is 0.283 e. The van der Waals surface area contributed by atoms with Gasteiger partial charge >= 0.3 is 0 Å². The molecule has 3 N–H and O–H groups in total. The highest BCUT2D eigenvalue weighted by Crippen LogP contribution is 2.52. The molecular weight excluding hydrogens is 482 g/mol. The van der Waals surface area contributed by atoms with Gasteiger partial charge in [-0.1, -0.05) is 70.7 Å². The summed E-state index contributed by atoms with van der Waals surface area (Å²) in [5.74, 6) is -1.51. The zero-order valence-corrected chi connectivity index (χ0v) is 18.1. The van der Waals surface area contributed by atoms with Crippen LogP contribution in [0.25, 0.3) is 0 Å². The molecule has 0 radical (unpaired) electrons. The van der Waals surface area contributed by atoms with Crippen LogP contribution in [0.15, 0.2) is 54.6 Å². The zero-order chi connectivity index (χ0) is 21.6. The Balaban J connectivity index is 2.65. The highest BCUT2D eigenvalue weighted by Gasteiger charge is 2.52. The van der Waals surface area contributed by atoms with E-state index in [1.807, 2.05) is 0 Å². The maximum absolute atomic E-state index is 13.0. The third-order valence-corrected chi connectivity index (χ3v) is 7.10. The van der Waals surface area contributed by atoms with Crippen molar-refractivity contribution in [2.24, 2.45) is 0 Å². The van der Waals surface area contributed by atoms with Crippen LogP contribution in [0, 0.1) is 0 Å². The van der Waals surface area contributed by atoms with Crippen molar-refractivity contribution in [2.75, 3.05) is 0 Å². The first-order valence-corrected chi connectivity index (χ1v) is 10.8. The van der Waals surface area contributed by atoms with Gasteiger partial charge in [0.15, 0.2) is 16.2 Å². The van der Waals surface area contributed by atoms with Gasteiger partial charge in [-0.3, -0.25) is 4.55 Å². The van der Waals surface area contributed by atoms with Crippen molar-refractivity contribution in [3.05, 3.63) is 91.4 Å². The first-order chi connectivity index (χ1) is 13.5. The van der Waals surface area contributed by atoms with Crippen LogP contribution in [0.3, 0.4) is 0 Å². The first kappa shape index (κ1) is 22.0. The summed E-state index contributed by atoms with van der Waals surface area (Å²) in [6.07, 6.45) is 0. The average Bonchev–Trinajstić information content (AvgIpc) is 2.62. The zero-order valence-electron chi connectivity index (χ0n) is 14.3. The number of benzene rings is 3. The molecule has 0 saturated heterocycles. The maximum atomic E-state index is 13.0. The molecule has 29 heavy (non-hydrogen) atoms. The van der Waals surface area contributed by atoms with E-state index < -0.39 is 31.9 Å². The Morgan fingerprint density at radius 1 is 0.793 bits per heavy atom. The van der Waals surface area contributed by atoms with E-state index in [2.05, 4.69) is 0 Å². The van der Waals surface area contributed by atoms with Crippen molar-refractivity contribution >= 4 is 56.5 Å². The lowest BCUT2D eigenvalue weighted by Crippen LogP contribution is -2.38. The maximum Gasteiger partial charge on any atom is 0.283 e. The number of rotatable bonds is 4. The molecule has 10 heteroatoms. The molecule has 0 amide bonds. The Bertz CT molecular complexity index is 1210. The largest absolute Gasteiger partial charge is 0.504 e. The minimum absolute atomic E-state index is 0.00459. The summed E-state index contributed by atoms with van der Waals surface area (Å²) in [7, 11) is -5.13. The molecule has 0 aliphatic carbocycles. The van der Waals surface area contributed by atoms with Gasteiger partial charge in [-0.2, -0.15) is 8.42 Å². The summed E-state index contributed by atoms with van der Waals surface area (Å²) in [4.78, 5) is 0. The topological polar surface area (TPSA) is 94.8 Å². The second kappa shape index (κ2) is 7.87. The van der Waals surface area contributed by atoms with Crippen molar-refractivity contribution < 1.29 is 23.2 Å². The number of hydrogen-bond donors (Lipinski definition) is 3. The predicted molar refractivity (Wildman–Crippen MR) is 114 cm³/mol. The van der Waals surface area contributed by atoms with Gasteiger partial charge in [0.1, 0.15) is 0 Å². The third kappa shape index (κ3) is 3.65. The number of phenols is 2. The number of phenolic OH excluding ortho intramolecular Hbond substituents is 2. The lowest BCUT2D eigenvalue weighted by atomic mass is 9.83.